The van der Waals surface area contributed by atoms with Gasteiger partial charge in [-0.15, -0.1) is 0 Å². The van der Waals surface area contributed by atoms with Gasteiger partial charge in [-0.05, 0) is 46.8 Å². The summed E-state index contributed by atoms with van der Waals surface area (Å²) in [6.45, 7) is 1.98. The van der Waals surface area contributed by atoms with Gasteiger partial charge in [-0.1, -0.05) is 6.92 Å². The Kier molecular flexibility index (Phi) is 4.88. The fourth-order valence-electron chi connectivity index (χ4n) is 2.81. The molecule has 114 valence electrons. The van der Waals surface area contributed by atoms with Crippen molar-refractivity contribution in [1.82, 2.24) is 0 Å². The summed E-state index contributed by atoms with van der Waals surface area (Å²) in [6.07, 6.45) is 1.15. The number of carbonyl (C=O) groups excluding carboxylic acids is 1. The lowest BCUT2D eigenvalue weighted by Crippen LogP contribution is -2.30. The molecule has 0 radical (unpaired) electrons. The van der Waals surface area contributed by atoms with Crippen molar-refractivity contribution in [3.8, 4) is 5.75 Å². The number of carboxylic acids is 1. The molecule has 3 unspecified atom stereocenters. The van der Waals surface area contributed by atoms with Crippen LogP contribution in [0.1, 0.15) is 19.8 Å². The van der Waals surface area contributed by atoms with Crippen LogP contribution in [0.25, 0.3) is 0 Å². The zero-order valence-electron chi connectivity index (χ0n) is 11.9. The average Bonchev–Trinajstić information content (AvgIpc) is 2.83. The maximum absolute atomic E-state index is 12.4. The SMILES string of the molecule is COc1ccc(Br)c(NC(=O)C2CC(C)CC2C(=O)O)c1. The Morgan fingerprint density at radius 1 is 1.33 bits per heavy atom. The third-order valence-electron chi connectivity index (χ3n) is 3.88. The minimum absolute atomic E-state index is 0.246. The molecule has 5 nitrogen and oxygen atoms in total. The number of carbonyl (C=O) groups is 2. The number of amides is 1. The molecular formula is C15H18BrNO4. The van der Waals surface area contributed by atoms with E-state index in [4.69, 9.17) is 4.74 Å². The molecule has 3 atom stereocenters. The first-order valence-corrected chi connectivity index (χ1v) is 7.59. The van der Waals surface area contributed by atoms with Crippen LogP contribution in [0.2, 0.25) is 0 Å². The van der Waals surface area contributed by atoms with E-state index in [-0.39, 0.29) is 11.8 Å². The number of methoxy groups -OCH3 is 1. The first-order chi connectivity index (χ1) is 9.92. The molecule has 0 bridgehead atoms. The summed E-state index contributed by atoms with van der Waals surface area (Å²) < 4.78 is 5.86. The highest BCUT2D eigenvalue weighted by Gasteiger charge is 2.41. The van der Waals surface area contributed by atoms with Gasteiger partial charge in [0.15, 0.2) is 0 Å². The second kappa shape index (κ2) is 6.47. The molecule has 0 aliphatic heterocycles. The molecular weight excluding hydrogens is 338 g/mol. The van der Waals surface area contributed by atoms with Crippen molar-refractivity contribution in [2.45, 2.75) is 19.8 Å². The summed E-state index contributed by atoms with van der Waals surface area (Å²) in [5, 5.41) is 12.0. The largest absolute Gasteiger partial charge is 0.497 e. The lowest BCUT2D eigenvalue weighted by molar-refractivity contribution is -0.145. The fraction of sp³-hybridized carbons (Fsp3) is 0.467. The molecule has 1 saturated carbocycles. The lowest BCUT2D eigenvalue weighted by atomic mass is 9.95. The number of hydrogen-bond acceptors (Lipinski definition) is 3. The van der Waals surface area contributed by atoms with E-state index in [0.29, 0.717) is 24.3 Å². The van der Waals surface area contributed by atoms with Crippen LogP contribution in [0.5, 0.6) is 5.75 Å². The Balaban J connectivity index is 2.16. The third kappa shape index (κ3) is 3.56. The smallest absolute Gasteiger partial charge is 0.307 e. The molecule has 0 heterocycles. The molecule has 1 aromatic carbocycles. The van der Waals surface area contributed by atoms with Gasteiger partial charge in [0, 0.05) is 10.5 Å². The first kappa shape index (κ1) is 15.8. The van der Waals surface area contributed by atoms with Gasteiger partial charge in [0.25, 0.3) is 0 Å². The summed E-state index contributed by atoms with van der Waals surface area (Å²) in [5.74, 6) is -1.37. The molecule has 1 fully saturated rings. The highest BCUT2D eigenvalue weighted by Crippen LogP contribution is 2.37. The Bertz CT molecular complexity index is 561. The standard InChI is InChI=1S/C15H18BrNO4/c1-8-5-10(11(6-8)15(19)20)14(18)17-13-7-9(21-2)3-4-12(13)16/h3-4,7-8,10-11H,5-6H2,1-2H3,(H,17,18)(H,19,20). The van der Waals surface area contributed by atoms with Crippen molar-refractivity contribution in [2.75, 3.05) is 12.4 Å². The highest BCUT2D eigenvalue weighted by molar-refractivity contribution is 9.10. The topological polar surface area (TPSA) is 75.6 Å². The maximum Gasteiger partial charge on any atom is 0.307 e. The monoisotopic (exact) mass is 355 g/mol. The van der Waals surface area contributed by atoms with Crippen LogP contribution in [-0.4, -0.2) is 24.1 Å². The van der Waals surface area contributed by atoms with Gasteiger partial charge >= 0.3 is 5.97 Å². The number of ether oxygens (including phenoxy) is 1. The van der Waals surface area contributed by atoms with Crippen molar-refractivity contribution in [3.63, 3.8) is 0 Å². The van der Waals surface area contributed by atoms with E-state index in [1.165, 1.54) is 0 Å². The minimum atomic E-state index is -0.899. The molecule has 1 aliphatic rings. The highest BCUT2D eigenvalue weighted by atomic mass is 79.9. The number of benzene rings is 1. The van der Waals surface area contributed by atoms with E-state index >= 15 is 0 Å². The zero-order chi connectivity index (χ0) is 15.6. The molecule has 1 amide bonds. The van der Waals surface area contributed by atoms with Crippen LogP contribution in [0.15, 0.2) is 22.7 Å². The molecule has 2 rings (SSSR count). The van der Waals surface area contributed by atoms with E-state index in [0.717, 1.165) is 4.47 Å². The van der Waals surface area contributed by atoms with Crippen molar-refractivity contribution in [1.29, 1.82) is 0 Å². The van der Waals surface area contributed by atoms with Gasteiger partial charge in [0.1, 0.15) is 5.75 Å². The number of halogens is 1. The zero-order valence-corrected chi connectivity index (χ0v) is 13.5. The van der Waals surface area contributed by atoms with Crippen LogP contribution >= 0.6 is 15.9 Å². The van der Waals surface area contributed by atoms with Gasteiger partial charge in [0.05, 0.1) is 24.6 Å². The normalized spacial score (nSPS) is 24.6. The van der Waals surface area contributed by atoms with Crippen molar-refractivity contribution >= 4 is 33.5 Å². The summed E-state index contributed by atoms with van der Waals surface area (Å²) in [5.41, 5.74) is 0.586. The molecule has 0 aromatic heterocycles. The summed E-state index contributed by atoms with van der Waals surface area (Å²) in [4.78, 5) is 23.7. The van der Waals surface area contributed by atoms with Crippen LogP contribution in [-0.2, 0) is 9.59 Å². The quantitative estimate of drug-likeness (QED) is 0.869. The van der Waals surface area contributed by atoms with E-state index in [9.17, 15) is 14.7 Å². The predicted molar refractivity (Wildman–Crippen MR) is 82.3 cm³/mol. The first-order valence-electron chi connectivity index (χ1n) is 6.79. The number of nitrogens with one attached hydrogen (secondary N) is 1. The number of anilines is 1. The van der Waals surface area contributed by atoms with Crippen molar-refractivity contribution in [3.05, 3.63) is 22.7 Å². The number of aliphatic carboxylic acids is 1. The van der Waals surface area contributed by atoms with Gasteiger partial charge in [-0.3, -0.25) is 9.59 Å². The molecule has 6 heteroatoms. The Morgan fingerprint density at radius 2 is 2.00 bits per heavy atom. The van der Waals surface area contributed by atoms with Crippen molar-refractivity contribution < 1.29 is 19.4 Å². The molecule has 0 spiro atoms. The van der Waals surface area contributed by atoms with Crippen LogP contribution in [0.3, 0.4) is 0 Å². The van der Waals surface area contributed by atoms with E-state index in [1.807, 2.05) is 6.92 Å². The second-order valence-corrected chi connectivity index (χ2v) is 6.32. The maximum atomic E-state index is 12.4. The van der Waals surface area contributed by atoms with Gasteiger partial charge < -0.3 is 15.2 Å². The Morgan fingerprint density at radius 3 is 2.62 bits per heavy atom. The minimum Gasteiger partial charge on any atom is -0.497 e. The van der Waals surface area contributed by atoms with Gasteiger partial charge in [0.2, 0.25) is 5.91 Å². The summed E-state index contributed by atoms with van der Waals surface area (Å²) in [6, 6.07) is 5.26. The number of carboxylic acid groups (broad SMARTS) is 1. The Labute approximate surface area is 131 Å². The molecule has 2 N–H and O–H groups in total. The van der Waals surface area contributed by atoms with E-state index in [1.54, 1.807) is 25.3 Å². The van der Waals surface area contributed by atoms with E-state index < -0.39 is 17.8 Å². The molecule has 0 saturated heterocycles. The Hall–Kier alpha value is -1.56. The third-order valence-corrected chi connectivity index (χ3v) is 4.58. The van der Waals surface area contributed by atoms with Crippen LogP contribution < -0.4 is 10.1 Å². The number of rotatable bonds is 4. The van der Waals surface area contributed by atoms with Gasteiger partial charge in [-0.2, -0.15) is 0 Å². The van der Waals surface area contributed by atoms with E-state index in [2.05, 4.69) is 21.2 Å². The molecule has 21 heavy (non-hydrogen) atoms. The molecule has 1 aromatic rings. The second-order valence-electron chi connectivity index (χ2n) is 5.46. The summed E-state index contributed by atoms with van der Waals surface area (Å²) >= 11 is 3.37. The van der Waals surface area contributed by atoms with Crippen LogP contribution in [0, 0.1) is 17.8 Å². The van der Waals surface area contributed by atoms with Crippen LogP contribution in [0.4, 0.5) is 5.69 Å². The summed E-state index contributed by atoms with van der Waals surface area (Å²) in [7, 11) is 1.55. The van der Waals surface area contributed by atoms with Crippen molar-refractivity contribution in [2.24, 2.45) is 17.8 Å². The van der Waals surface area contributed by atoms with Gasteiger partial charge in [-0.25, -0.2) is 0 Å². The molecule has 1 aliphatic carbocycles. The fourth-order valence-corrected chi connectivity index (χ4v) is 3.15. The predicted octanol–water partition coefficient (Wildman–Crippen LogP) is 3.14. The lowest BCUT2D eigenvalue weighted by Gasteiger charge is -2.16. The number of hydrogen-bond donors (Lipinski definition) is 2. The average molecular weight is 356 g/mol.